The molecule has 0 heterocycles. The van der Waals surface area contributed by atoms with Crippen molar-refractivity contribution in [3.63, 3.8) is 0 Å². The molecule has 1 atom stereocenters. The van der Waals surface area contributed by atoms with Gasteiger partial charge in [0.2, 0.25) is 11.8 Å². The molecule has 3 aromatic rings. The molecule has 8 nitrogen and oxygen atoms in total. The van der Waals surface area contributed by atoms with Crippen molar-refractivity contribution in [3.05, 3.63) is 87.4 Å². The standard InChI is InChI=1S/C29H32Cl3N3O5S/c1-19(2)16-33-29(37)20(3)34(17-21-5-6-23(31)15-27(21)32)28(36)18-35(24-9-7-22(30)8-10-24)41(38,39)26-13-11-25(40-4)12-14-26/h5-15,19-20H,16-18H2,1-4H3,(H,33,37)/t20-/m0/s1. The average molecular weight is 641 g/mol. The van der Waals surface area contributed by atoms with Crippen molar-refractivity contribution in [2.24, 2.45) is 5.92 Å². The quantitative estimate of drug-likeness (QED) is 0.261. The molecule has 41 heavy (non-hydrogen) atoms. The lowest BCUT2D eigenvalue weighted by atomic mass is 10.1. The van der Waals surface area contributed by atoms with Gasteiger partial charge >= 0.3 is 0 Å². The van der Waals surface area contributed by atoms with Crippen molar-refractivity contribution in [3.8, 4) is 5.75 Å². The molecule has 0 aliphatic carbocycles. The Morgan fingerprint density at radius 2 is 1.51 bits per heavy atom. The Morgan fingerprint density at radius 1 is 0.902 bits per heavy atom. The minimum Gasteiger partial charge on any atom is -0.497 e. The van der Waals surface area contributed by atoms with Gasteiger partial charge in [0, 0.05) is 28.2 Å². The maximum atomic E-state index is 14.0. The number of halogens is 3. The van der Waals surface area contributed by atoms with E-state index in [0.717, 1.165) is 4.31 Å². The molecule has 0 radical (unpaired) electrons. The van der Waals surface area contributed by atoms with Crippen LogP contribution in [0.3, 0.4) is 0 Å². The summed E-state index contributed by atoms with van der Waals surface area (Å²) in [7, 11) is -2.76. The summed E-state index contributed by atoms with van der Waals surface area (Å²) in [5.74, 6) is -0.329. The topological polar surface area (TPSA) is 96.0 Å². The van der Waals surface area contributed by atoms with Crippen molar-refractivity contribution in [1.29, 1.82) is 0 Å². The molecule has 220 valence electrons. The Kier molecular flexibility index (Phi) is 11.3. The Balaban J connectivity index is 2.03. The van der Waals surface area contributed by atoms with E-state index in [9.17, 15) is 18.0 Å². The molecule has 0 spiro atoms. The molecule has 1 N–H and O–H groups in total. The van der Waals surface area contributed by atoms with Gasteiger partial charge in [-0.25, -0.2) is 8.42 Å². The van der Waals surface area contributed by atoms with Crippen molar-refractivity contribution < 1.29 is 22.7 Å². The van der Waals surface area contributed by atoms with E-state index in [-0.39, 0.29) is 29.0 Å². The molecule has 3 aromatic carbocycles. The van der Waals surface area contributed by atoms with Gasteiger partial charge in [-0.3, -0.25) is 13.9 Å². The van der Waals surface area contributed by atoms with Crippen LogP contribution in [0, 0.1) is 5.92 Å². The van der Waals surface area contributed by atoms with Gasteiger partial charge in [-0.2, -0.15) is 0 Å². The zero-order valence-corrected chi connectivity index (χ0v) is 26.2. The second-order valence-corrected chi connectivity index (χ2v) is 12.9. The molecule has 0 fully saturated rings. The van der Waals surface area contributed by atoms with Crippen molar-refractivity contribution >= 4 is 62.3 Å². The fourth-order valence-electron chi connectivity index (χ4n) is 3.88. The summed E-state index contributed by atoms with van der Waals surface area (Å²) in [6.07, 6.45) is 0. The van der Waals surface area contributed by atoms with Crippen LogP contribution in [0.4, 0.5) is 5.69 Å². The van der Waals surface area contributed by atoms with E-state index in [2.05, 4.69) is 5.32 Å². The van der Waals surface area contributed by atoms with Crippen LogP contribution in [0.1, 0.15) is 26.3 Å². The lowest BCUT2D eigenvalue weighted by Crippen LogP contribution is -2.51. The number of carbonyl (C=O) groups excluding carboxylic acids is 2. The minimum absolute atomic E-state index is 0.0453. The largest absolute Gasteiger partial charge is 0.497 e. The third-order valence-electron chi connectivity index (χ3n) is 6.25. The Bertz CT molecular complexity index is 1470. The second kappa shape index (κ2) is 14.3. The van der Waals surface area contributed by atoms with E-state index >= 15 is 0 Å². The molecule has 0 saturated carbocycles. The second-order valence-electron chi connectivity index (χ2n) is 9.74. The summed E-state index contributed by atoms with van der Waals surface area (Å²) in [5.41, 5.74) is 0.768. The maximum absolute atomic E-state index is 14.0. The normalized spacial score (nSPS) is 12.1. The Labute approximate surface area is 256 Å². The summed E-state index contributed by atoms with van der Waals surface area (Å²) in [4.78, 5) is 28.3. The molecule has 0 aromatic heterocycles. The molecule has 0 aliphatic rings. The van der Waals surface area contributed by atoms with Crippen LogP contribution in [0.5, 0.6) is 5.75 Å². The minimum atomic E-state index is -4.23. The highest BCUT2D eigenvalue weighted by atomic mass is 35.5. The number of amides is 2. The third kappa shape index (κ3) is 8.52. The highest BCUT2D eigenvalue weighted by Gasteiger charge is 2.33. The number of anilines is 1. The number of carbonyl (C=O) groups is 2. The zero-order valence-electron chi connectivity index (χ0n) is 23.1. The van der Waals surface area contributed by atoms with E-state index in [1.54, 1.807) is 25.1 Å². The van der Waals surface area contributed by atoms with E-state index in [0.29, 0.717) is 32.9 Å². The Morgan fingerprint density at radius 3 is 2.07 bits per heavy atom. The highest BCUT2D eigenvalue weighted by molar-refractivity contribution is 7.92. The summed E-state index contributed by atoms with van der Waals surface area (Å²) < 4.78 is 33.9. The third-order valence-corrected chi connectivity index (χ3v) is 8.88. The highest BCUT2D eigenvalue weighted by Crippen LogP contribution is 2.28. The van der Waals surface area contributed by atoms with Gasteiger partial charge in [-0.15, -0.1) is 0 Å². The summed E-state index contributed by atoms with van der Waals surface area (Å²) in [6.45, 7) is 5.26. The first kappa shape index (κ1) is 32.5. The predicted octanol–water partition coefficient (Wildman–Crippen LogP) is 6.04. The average Bonchev–Trinajstić information content (AvgIpc) is 2.94. The van der Waals surface area contributed by atoms with Crippen LogP contribution >= 0.6 is 34.8 Å². The van der Waals surface area contributed by atoms with Crippen molar-refractivity contribution in [2.75, 3.05) is 24.5 Å². The number of nitrogens with one attached hydrogen (secondary N) is 1. The first-order valence-corrected chi connectivity index (χ1v) is 15.3. The van der Waals surface area contributed by atoms with Crippen LogP contribution < -0.4 is 14.4 Å². The van der Waals surface area contributed by atoms with Gasteiger partial charge in [0.25, 0.3) is 10.0 Å². The van der Waals surface area contributed by atoms with Crippen molar-refractivity contribution in [2.45, 2.75) is 38.3 Å². The molecule has 0 aliphatic heterocycles. The lowest BCUT2D eigenvalue weighted by molar-refractivity contribution is -0.139. The molecule has 0 saturated heterocycles. The van der Waals surface area contributed by atoms with Crippen LogP contribution in [0.25, 0.3) is 0 Å². The smallest absolute Gasteiger partial charge is 0.264 e. The summed E-state index contributed by atoms with van der Waals surface area (Å²) in [5, 5.41) is 3.97. The number of hydrogen-bond donors (Lipinski definition) is 1. The summed E-state index contributed by atoms with van der Waals surface area (Å²) in [6, 6.07) is 15.8. The van der Waals surface area contributed by atoms with Gasteiger partial charge in [0.15, 0.2) is 0 Å². The number of rotatable bonds is 12. The monoisotopic (exact) mass is 639 g/mol. The van der Waals surface area contributed by atoms with E-state index in [1.165, 1.54) is 60.5 Å². The van der Waals surface area contributed by atoms with Gasteiger partial charge in [-0.05, 0) is 79.1 Å². The first-order chi connectivity index (χ1) is 19.3. The molecule has 2 amide bonds. The molecular weight excluding hydrogens is 609 g/mol. The van der Waals surface area contributed by atoms with Gasteiger partial charge in [0.1, 0.15) is 18.3 Å². The van der Waals surface area contributed by atoms with Gasteiger partial charge in [0.05, 0.1) is 17.7 Å². The fourth-order valence-corrected chi connectivity index (χ4v) is 5.89. The number of benzene rings is 3. The molecule has 3 rings (SSSR count). The summed E-state index contributed by atoms with van der Waals surface area (Å²) >= 11 is 18.5. The number of ether oxygens (including phenoxy) is 1. The molecule has 0 unspecified atom stereocenters. The fraction of sp³-hybridized carbons (Fsp3) is 0.310. The van der Waals surface area contributed by atoms with E-state index < -0.39 is 28.5 Å². The number of methoxy groups -OCH3 is 1. The van der Waals surface area contributed by atoms with Crippen LogP contribution in [-0.2, 0) is 26.2 Å². The van der Waals surface area contributed by atoms with E-state index in [4.69, 9.17) is 39.5 Å². The van der Waals surface area contributed by atoms with E-state index in [1.807, 2.05) is 13.8 Å². The van der Waals surface area contributed by atoms with Crippen LogP contribution in [-0.4, -0.2) is 51.4 Å². The molecule has 12 heteroatoms. The van der Waals surface area contributed by atoms with Crippen molar-refractivity contribution in [1.82, 2.24) is 10.2 Å². The van der Waals surface area contributed by atoms with Gasteiger partial charge in [-0.1, -0.05) is 54.7 Å². The molecule has 0 bridgehead atoms. The van der Waals surface area contributed by atoms with Gasteiger partial charge < -0.3 is 15.0 Å². The number of sulfonamides is 1. The predicted molar refractivity (Wildman–Crippen MR) is 163 cm³/mol. The number of nitrogens with zero attached hydrogens (tertiary/aromatic N) is 2. The first-order valence-electron chi connectivity index (χ1n) is 12.8. The zero-order chi connectivity index (χ0) is 30.3. The molecular formula is C29H32Cl3N3O5S. The van der Waals surface area contributed by atoms with Crippen LogP contribution in [0.2, 0.25) is 15.1 Å². The SMILES string of the molecule is COc1ccc(S(=O)(=O)N(CC(=O)N(Cc2ccc(Cl)cc2Cl)[C@@H](C)C(=O)NCC(C)C)c2ccc(Cl)cc2)cc1. The number of hydrogen-bond acceptors (Lipinski definition) is 5. The maximum Gasteiger partial charge on any atom is 0.264 e. The van der Waals surface area contributed by atoms with Crippen LogP contribution in [0.15, 0.2) is 71.6 Å². The Hall–Kier alpha value is -2.98. The lowest BCUT2D eigenvalue weighted by Gasteiger charge is -2.32.